The molecular weight excluding hydrogens is 454 g/mol. The smallest absolute Gasteiger partial charge is 0.317 e. The summed E-state index contributed by atoms with van der Waals surface area (Å²) in [6, 6.07) is 8.60. The van der Waals surface area contributed by atoms with Gasteiger partial charge in [0.25, 0.3) is 0 Å². The van der Waals surface area contributed by atoms with Crippen molar-refractivity contribution in [2.75, 3.05) is 50.7 Å². The van der Waals surface area contributed by atoms with Gasteiger partial charge in [-0.05, 0) is 58.4 Å². The van der Waals surface area contributed by atoms with Gasteiger partial charge in [0.15, 0.2) is 0 Å². The number of anilines is 1. The lowest BCUT2D eigenvalue weighted by Gasteiger charge is -2.41. The maximum absolute atomic E-state index is 12.2. The third-order valence-corrected chi connectivity index (χ3v) is 7.55. The minimum absolute atomic E-state index is 0.00585. The first kappa shape index (κ1) is 24.5. The summed E-state index contributed by atoms with van der Waals surface area (Å²) in [7, 11) is 0. The Morgan fingerprint density at radius 2 is 1.97 bits per heavy atom. The molecule has 2 fully saturated rings. The SMILES string of the molecule is CCNC(=O)N1CCN(c2ccnn3cc(-c4ccc([C@@]5(O)CCCN(C(C)C)C5)cn4)cc23)CC1. The van der Waals surface area contributed by atoms with Gasteiger partial charge >= 0.3 is 6.03 Å². The van der Waals surface area contributed by atoms with E-state index in [0.29, 0.717) is 32.2 Å². The third kappa shape index (κ3) is 4.77. The van der Waals surface area contributed by atoms with Crippen molar-refractivity contribution in [3.63, 3.8) is 0 Å². The number of piperidine rings is 1. The molecule has 2 aliphatic rings. The van der Waals surface area contributed by atoms with Gasteiger partial charge in [0.05, 0.1) is 16.9 Å². The number of pyridine rings is 1. The number of carbonyl (C=O) groups is 1. The molecule has 0 bridgehead atoms. The third-order valence-electron chi connectivity index (χ3n) is 7.55. The normalized spacial score (nSPS) is 21.4. The predicted octanol–water partition coefficient (Wildman–Crippen LogP) is 2.94. The van der Waals surface area contributed by atoms with Crippen molar-refractivity contribution in [3.8, 4) is 11.3 Å². The number of nitrogens with zero attached hydrogens (tertiary/aromatic N) is 6. The minimum Gasteiger partial charge on any atom is -0.384 e. The van der Waals surface area contributed by atoms with Gasteiger partial charge in [-0.2, -0.15) is 5.10 Å². The largest absolute Gasteiger partial charge is 0.384 e. The first-order valence-electron chi connectivity index (χ1n) is 13.1. The molecule has 0 radical (unpaired) electrons. The zero-order valence-electron chi connectivity index (χ0n) is 21.5. The van der Waals surface area contributed by atoms with E-state index in [0.717, 1.165) is 60.5 Å². The van der Waals surface area contributed by atoms with Crippen LogP contribution in [-0.2, 0) is 5.60 Å². The predicted molar refractivity (Wildman–Crippen MR) is 141 cm³/mol. The molecule has 2 aliphatic heterocycles. The first-order chi connectivity index (χ1) is 17.4. The summed E-state index contributed by atoms with van der Waals surface area (Å²) in [5.41, 5.74) is 3.99. The molecule has 2 saturated heterocycles. The van der Waals surface area contributed by atoms with Crippen molar-refractivity contribution in [1.29, 1.82) is 0 Å². The quantitative estimate of drug-likeness (QED) is 0.571. The summed E-state index contributed by atoms with van der Waals surface area (Å²) in [6.07, 6.45) is 7.39. The van der Waals surface area contributed by atoms with Crippen molar-refractivity contribution < 1.29 is 9.90 Å². The van der Waals surface area contributed by atoms with Crippen LogP contribution in [-0.4, -0.2) is 87.4 Å². The van der Waals surface area contributed by atoms with E-state index in [4.69, 9.17) is 4.98 Å². The van der Waals surface area contributed by atoms with Crippen LogP contribution in [0.4, 0.5) is 10.5 Å². The van der Waals surface area contributed by atoms with E-state index < -0.39 is 5.60 Å². The number of piperazine rings is 1. The molecular formula is C27H37N7O2. The van der Waals surface area contributed by atoms with Gasteiger partial charge < -0.3 is 20.2 Å². The average Bonchev–Trinajstić information content (AvgIpc) is 3.34. The van der Waals surface area contributed by atoms with Crippen molar-refractivity contribution >= 4 is 17.2 Å². The molecule has 0 saturated carbocycles. The Morgan fingerprint density at radius 3 is 2.67 bits per heavy atom. The van der Waals surface area contributed by atoms with E-state index in [1.807, 2.05) is 53.1 Å². The molecule has 0 aliphatic carbocycles. The van der Waals surface area contributed by atoms with Crippen LogP contribution in [0.3, 0.4) is 0 Å². The standard InChI is InChI=1S/C27H37N7O2/c1-4-28-26(35)32-14-12-31(13-15-32)24-8-10-30-34-18-21(16-25(24)34)23-7-6-22(17-29-23)27(36)9-5-11-33(19-27)20(2)3/h6-8,10,16-18,20,36H,4-5,9,11-15,19H2,1-3H3,(H,28,35)/t27-/m1/s1. The van der Waals surface area contributed by atoms with Crippen molar-refractivity contribution in [3.05, 3.63) is 48.4 Å². The van der Waals surface area contributed by atoms with E-state index in [-0.39, 0.29) is 6.03 Å². The fraction of sp³-hybridized carbons (Fsp3) is 0.519. The number of hydrogen-bond donors (Lipinski definition) is 2. The highest BCUT2D eigenvalue weighted by molar-refractivity contribution is 5.79. The molecule has 2 N–H and O–H groups in total. The molecule has 0 spiro atoms. The van der Waals surface area contributed by atoms with Crippen LogP contribution in [0, 0.1) is 0 Å². The number of carbonyl (C=O) groups excluding carboxylic acids is 1. The molecule has 0 unspecified atom stereocenters. The lowest BCUT2D eigenvalue weighted by atomic mass is 9.86. The monoisotopic (exact) mass is 491 g/mol. The van der Waals surface area contributed by atoms with E-state index in [1.165, 1.54) is 0 Å². The highest BCUT2D eigenvalue weighted by Crippen LogP contribution is 2.33. The second-order valence-corrected chi connectivity index (χ2v) is 10.2. The van der Waals surface area contributed by atoms with Gasteiger partial charge in [-0.25, -0.2) is 9.31 Å². The zero-order valence-corrected chi connectivity index (χ0v) is 21.5. The maximum atomic E-state index is 12.2. The van der Waals surface area contributed by atoms with Gasteiger partial charge in [-0.15, -0.1) is 0 Å². The van der Waals surface area contributed by atoms with E-state index in [2.05, 4.69) is 40.1 Å². The highest BCUT2D eigenvalue weighted by atomic mass is 16.3. The molecule has 3 aromatic heterocycles. The van der Waals surface area contributed by atoms with Gasteiger partial charge in [0, 0.05) is 75.0 Å². The second-order valence-electron chi connectivity index (χ2n) is 10.2. The van der Waals surface area contributed by atoms with Crippen LogP contribution in [0.15, 0.2) is 42.9 Å². The first-order valence-corrected chi connectivity index (χ1v) is 13.1. The number of β-amino-alcohol motifs (C(OH)–C–C–N with tert-alkyl or cyclic N) is 1. The van der Waals surface area contributed by atoms with Crippen LogP contribution in [0.25, 0.3) is 16.8 Å². The van der Waals surface area contributed by atoms with E-state index in [1.54, 1.807) is 0 Å². The minimum atomic E-state index is -0.857. The number of likely N-dealkylation sites (tertiary alicyclic amines) is 1. The molecule has 9 nitrogen and oxygen atoms in total. The number of hydrogen-bond acceptors (Lipinski definition) is 6. The van der Waals surface area contributed by atoms with Gasteiger partial charge in [-0.1, -0.05) is 6.07 Å². The number of aromatic nitrogens is 3. The Hall–Kier alpha value is -3.17. The van der Waals surface area contributed by atoms with Crippen molar-refractivity contribution in [1.82, 2.24) is 29.7 Å². The van der Waals surface area contributed by atoms with Crippen molar-refractivity contribution in [2.24, 2.45) is 0 Å². The number of aliphatic hydroxyl groups is 1. The number of urea groups is 1. The Morgan fingerprint density at radius 1 is 1.17 bits per heavy atom. The lowest BCUT2D eigenvalue weighted by Crippen LogP contribution is -2.51. The summed E-state index contributed by atoms with van der Waals surface area (Å²) in [5.74, 6) is 0. The molecule has 0 aromatic carbocycles. The molecule has 5 heterocycles. The Bertz CT molecular complexity index is 1200. The number of nitrogens with one attached hydrogen (secondary N) is 1. The molecule has 5 rings (SSSR count). The highest BCUT2D eigenvalue weighted by Gasteiger charge is 2.36. The summed E-state index contributed by atoms with van der Waals surface area (Å²) in [5, 5.41) is 18.8. The average molecular weight is 492 g/mol. The second kappa shape index (κ2) is 10.1. The Labute approximate surface area is 212 Å². The van der Waals surface area contributed by atoms with E-state index in [9.17, 15) is 9.90 Å². The van der Waals surface area contributed by atoms with Crippen LogP contribution in [0.1, 0.15) is 39.2 Å². The van der Waals surface area contributed by atoms with Gasteiger partial charge in [-0.3, -0.25) is 9.88 Å². The van der Waals surface area contributed by atoms with Crippen LogP contribution in [0.5, 0.6) is 0 Å². The molecule has 192 valence electrons. The fourth-order valence-electron chi connectivity index (χ4n) is 5.41. The lowest BCUT2D eigenvalue weighted by molar-refractivity contribution is -0.0447. The van der Waals surface area contributed by atoms with Crippen LogP contribution in [0.2, 0.25) is 0 Å². The molecule has 9 heteroatoms. The van der Waals surface area contributed by atoms with Gasteiger partial charge in [0.1, 0.15) is 5.60 Å². The summed E-state index contributed by atoms with van der Waals surface area (Å²) >= 11 is 0. The maximum Gasteiger partial charge on any atom is 0.317 e. The Balaban J connectivity index is 1.34. The summed E-state index contributed by atoms with van der Waals surface area (Å²) < 4.78 is 1.89. The molecule has 36 heavy (non-hydrogen) atoms. The number of rotatable bonds is 5. The van der Waals surface area contributed by atoms with Crippen LogP contribution < -0.4 is 10.2 Å². The summed E-state index contributed by atoms with van der Waals surface area (Å²) in [6.45, 7) is 11.5. The summed E-state index contributed by atoms with van der Waals surface area (Å²) in [4.78, 5) is 23.4. The Kier molecular flexibility index (Phi) is 6.85. The number of amides is 2. The molecule has 1 atom stereocenters. The number of fused-ring (bicyclic) bond motifs is 1. The topological polar surface area (TPSA) is 89.2 Å². The zero-order chi connectivity index (χ0) is 25.3. The van der Waals surface area contributed by atoms with Gasteiger partial charge in [0.2, 0.25) is 0 Å². The molecule has 2 amide bonds. The fourth-order valence-corrected chi connectivity index (χ4v) is 5.41. The van der Waals surface area contributed by atoms with E-state index >= 15 is 0 Å². The van der Waals surface area contributed by atoms with Crippen molar-refractivity contribution in [2.45, 2.75) is 45.3 Å². The molecule has 3 aromatic rings. The van der Waals surface area contributed by atoms with Crippen LogP contribution >= 0.6 is 0 Å².